The van der Waals surface area contributed by atoms with Gasteiger partial charge in [-0.2, -0.15) is 0 Å². The van der Waals surface area contributed by atoms with Gasteiger partial charge in [0.05, 0.1) is 12.7 Å². The van der Waals surface area contributed by atoms with E-state index in [9.17, 15) is 9.18 Å². The zero-order valence-corrected chi connectivity index (χ0v) is 14.8. The molecular formula is C20H23FN2O2. The molecule has 2 aromatic rings. The molecule has 2 aromatic carbocycles. The van der Waals surface area contributed by atoms with Gasteiger partial charge in [0, 0.05) is 24.8 Å². The fourth-order valence-corrected chi connectivity index (χ4v) is 2.22. The standard InChI is InChI=1S/C20H23FN2O2/c1-23(2)13-12-22-16-7-4-15(5-8-16)6-11-20(24)18-10-9-17(25-3)14-19(18)21/h4-11,14,22H,12-13H2,1-3H3. The van der Waals surface area contributed by atoms with Gasteiger partial charge in [0.25, 0.3) is 0 Å². The Balaban J connectivity index is 1.98. The molecule has 0 spiro atoms. The van der Waals surface area contributed by atoms with Crippen LogP contribution in [0, 0.1) is 5.82 Å². The summed E-state index contributed by atoms with van der Waals surface area (Å²) in [5, 5.41) is 3.32. The summed E-state index contributed by atoms with van der Waals surface area (Å²) in [7, 11) is 5.51. The van der Waals surface area contributed by atoms with Crippen molar-refractivity contribution in [2.75, 3.05) is 39.6 Å². The molecule has 0 aliphatic rings. The van der Waals surface area contributed by atoms with Crippen LogP contribution in [0.4, 0.5) is 10.1 Å². The number of rotatable bonds is 8. The van der Waals surface area contributed by atoms with Crippen LogP contribution in [0.25, 0.3) is 6.08 Å². The normalized spacial score (nSPS) is 11.1. The van der Waals surface area contributed by atoms with Crippen LogP contribution in [0.2, 0.25) is 0 Å². The third kappa shape index (κ3) is 5.72. The largest absolute Gasteiger partial charge is 0.497 e. The van der Waals surface area contributed by atoms with Gasteiger partial charge in [-0.15, -0.1) is 0 Å². The number of benzene rings is 2. The molecule has 25 heavy (non-hydrogen) atoms. The molecule has 4 nitrogen and oxygen atoms in total. The fourth-order valence-electron chi connectivity index (χ4n) is 2.22. The Hall–Kier alpha value is -2.66. The molecule has 0 fully saturated rings. The summed E-state index contributed by atoms with van der Waals surface area (Å²) in [4.78, 5) is 14.2. The van der Waals surface area contributed by atoms with Crippen LogP contribution in [0.1, 0.15) is 15.9 Å². The second kappa shape index (κ2) is 8.99. The van der Waals surface area contributed by atoms with Gasteiger partial charge in [0.1, 0.15) is 11.6 Å². The van der Waals surface area contributed by atoms with E-state index in [-0.39, 0.29) is 11.3 Å². The smallest absolute Gasteiger partial charge is 0.188 e. The second-order valence-corrected chi connectivity index (χ2v) is 5.90. The highest BCUT2D eigenvalue weighted by Crippen LogP contribution is 2.17. The zero-order chi connectivity index (χ0) is 18.2. The Morgan fingerprint density at radius 1 is 1.20 bits per heavy atom. The van der Waals surface area contributed by atoms with Crippen molar-refractivity contribution in [3.8, 4) is 5.75 Å². The summed E-state index contributed by atoms with van der Waals surface area (Å²) in [6.45, 7) is 1.81. The maximum absolute atomic E-state index is 13.9. The fraction of sp³-hybridized carbons (Fsp3) is 0.250. The van der Waals surface area contributed by atoms with Crippen molar-refractivity contribution < 1.29 is 13.9 Å². The number of anilines is 1. The lowest BCUT2D eigenvalue weighted by Gasteiger charge is -2.11. The molecule has 0 saturated heterocycles. The molecule has 0 heterocycles. The van der Waals surface area contributed by atoms with Gasteiger partial charge in [0.2, 0.25) is 0 Å². The summed E-state index contributed by atoms with van der Waals surface area (Å²) in [5.74, 6) is -0.585. The lowest BCUT2D eigenvalue weighted by atomic mass is 10.1. The molecule has 0 atom stereocenters. The minimum atomic E-state index is -0.588. The summed E-state index contributed by atoms with van der Waals surface area (Å²) in [6.07, 6.45) is 3.05. The molecular weight excluding hydrogens is 319 g/mol. The first-order valence-corrected chi connectivity index (χ1v) is 8.04. The van der Waals surface area contributed by atoms with E-state index >= 15 is 0 Å². The van der Waals surface area contributed by atoms with Gasteiger partial charge < -0.3 is 15.0 Å². The molecule has 0 radical (unpaired) electrons. The molecule has 2 rings (SSSR count). The summed E-state index contributed by atoms with van der Waals surface area (Å²) < 4.78 is 18.8. The lowest BCUT2D eigenvalue weighted by molar-refractivity contribution is 0.104. The van der Waals surface area contributed by atoms with Crippen LogP contribution in [0.3, 0.4) is 0 Å². The van der Waals surface area contributed by atoms with E-state index in [1.807, 2.05) is 38.4 Å². The van der Waals surface area contributed by atoms with Gasteiger partial charge >= 0.3 is 0 Å². The minimum absolute atomic E-state index is 0.0269. The Morgan fingerprint density at radius 3 is 2.52 bits per heavy atom. The maximum atomic E-state index is 13.9. The van der Waals surface area contributed by atoms with Crippen molar-refractivity contribution >= 4 is 17.5 Å². The highest BCUT2D eigenvalue weighted by molar-refractivity contribution is 6.07. The molecule has 0 unspecified atom stereocenters. The van der Waals surface area contributed by atoms with Crippen LogP contribution >= 0.6 is 0 Å². The van der Waals surface area contributed by atoms with E-state index < -0.39 is 5.82 Å². The van der Waals surface area contributed by atoms with E-state index in [0.717, 1.165) is 24.3 Å². The number of allylic oxidation sites excluding steroid dienone is 1. The molecule has 5 heteroatoms. The monoisotopic (exact) mass is 342 g/mol. The van der Waals surface area contributed by atoms with Gasteiger partial charge in [-0.05, 0) is 50.0 Å². The Morgan fingerprint density at radius 2 is 1.92 bits per heavy atom. The van der Waals surface area contributed by atoms with E-state index in [1.165, 1.54) is 25.3 Å². The summed E-state index contributed by atoms with van der Waals surface area (Å²) in [5.41, 5.74) is 1.92. The average molecular weight is 342 g/mol. The van der Waals surface area contributed by atoms with Gasteiger partial charge in [-0.1, -0.05) is 18.2 Å². The Kier molecular flexibility index (Phi) is 6.71. The number of ether oxygens (including phenoxy) is 1. The van der Waals surface area contributed by atoms with E-state index in [1.54, 1.807) is 12.1 Å². The third-order valence-corrected chi connectivity index (χ3v) is 3.67. The first kappa shape index (κ1) is 18.7. The first-order chi connectivity index (χ1) is 12.0. The Labute approximate surface area is 147 Å². The minimum Gasteiger partial charge on any atom is -0.497 e. The van der Waals surface area contributed by atoms with E-state index in [4.69, 9.17) is 4.74 Å². The van der Waals surface area contributed by atoms with Crippen molar-refractivity contribution in [2.24, 2.45) is 0 Å². The number of nitrogens with zero attached hydrogens (tertiary/aromatic N) is 1. The molecule has 0 amide bonds. The number of hydrogen-bond acceptors (Lipinski definition) is 4. The topological polar surface area (TPSA) is 41.6 Å². The van der Waals surface area contributed by atoms with Crippen molar-refractivity contribution in [3.63, 3.8) is 0 Å². The molecule has 132 valence electrons. The van der Waals surface area contributed by atoms with Crippen LogP contribution in [0.5, 0.6) is 5.75 Å². The van der Waals surface area contributed by atoms with Gasteiger partial charge in [-0.25, -0.2) is 4.39 Å². The van der Waals surface area contributed by atoms with Gasteiger partial charge in [0.15, 0.2) is 5.78 Å². The molecule has 0 saturated carbocycles. The van der Waals surface area contributed by atoms with Crippen molar-refractivity contribution in [3.05, 3.63) is 65.5 Å². The number of methoxy groups -OCH3 is 1. The predicted octanol–water partition coefficient (Wildman–Crippen LogP) is 3.70. The van der Waals surface area contributed by atoms with Crippen LogP contribution in [-0.2, 0) is 0 Å². The second-order valence-electron chi connectivity index (χ2n) is 5.90. The van der Waals surface area contributed by atoms with E-state index in [2.05, 4.69) is 10.2 Å². The SMILES string of the molecule is COc1ccc(C(=O)C=Cc2ccc(NCCN(C)C)cc2)c(F)c1. The number of ketones is 1. The van der Waals surface area contributed by atoms with Gasteiger partial charge in [-0.3, -0.25) is 4.79 Å². The van der Waals surface area contributed by atoms with Crippen LogP contribution < -0.4 is 10.1 Å². The number of likely N-dealkylation sites (N-methyl/N-ethyl adjacent to an activating group) is 1. The maximum Gasteiger partial charge on any atom is 0.188 e. The highest BCUT2D eigenvalue weighted by Gasteiger charge is 2.09. The van der Waals surface area contributed by atoms with Crippen LogP contribution in [-0.4, -0.2) is 45.0 Å². The lowest BCUT2D eigenvalue weighted by Crippen LogP contribution is -2.20. The number of carbonyl (C=O) groups excluding carboxylic acids is 1. The van der Waals surface area contributed by atoms with Crippen molar-refractivity contribution in [1.82, 2.24) is 4.90 Å². The summed E-state index contributed by atoms with van der Waals surface area (Å²) in [6, 6.07) is 11.9. The molecule has 0 aliphatic carbocycles. The summed E-state index contributed by atoms with van der Waals surface area (Å²) >= 11 is 0. The molecule has 0 bridgehead atoms. The number of nitrogens with one attached hydrogen (secondary N) is 1. The third-order valence-electron chi connectivity index (χ3n) is 3.67. The van der Waals surface area contributed by atoms with Crippen LogP contribution in [0.15, 0.2) is 48.5 Å². The number of halogens is 1. The first-order valence-electron chi connectivity index (χ1n) is 8.04. The average Bonchev–Trinajstić information content (AvgIpc) is 2.60. The molecule has 1 N–H and O–H groups in total. The van der Waals surface area contributed by atoms with E-state index in [0.29, 0.717) is 5.75 Å². The quantitative estimate of drug-likeness (QED) is 0.587. The van der Waals surface area contributed by atoms with Crippen molar-refractivity contribution in [1.29, 1.82) is 0 Å². The number of carbonyl (C=O) groups is 1. The number of hydrogen-bond donors (Lipinski definition) is 1. The molecule has 0 aromatic heterocycles. The zero-order valence-electron chi connectivity index (χ0n) is 14.8. The highest BCUT2D eigenvalue weighted by atomic mass is 19.1. The van der Waals surface area contributed by atoms with Crippen molar-refractivity contribution in [2.45, 2.75) is 0 Å². The predicted molar refractivity (Wildman–Crippen MR) is 99.8 cm³/mol. The Bertz CT molecular complexity index is 740. The molecule has 0 aliphatic heterocycles.